The van der Waals surface area contributed by atoms with Crippen molar-refractivity contribution < 1.29 is 33.8 Å². The Labute approximate surface area is 269 Å². The van der Waals surface area contributed by atoms with E-state index in [9.17, 15) is 24.3 Å². The maximum Gasteiger partial charge on any atom is 0.328 e. The van der Waals surface area contributed by atoms with E-state index in [1.54, 1.807) is 42.5 Å². The predicted octanol–water partition coefficient (Wildman–Crippen LogP) is 3.95. The second kappa shape index (κ2) is 11.2. The van der Waals surface area contributed by atoms with Gasteiger partial charge in [-0.3, -0.25) is 19.2 Å². The fraction of sp³-hybridized carbons (Fsp3) is 0.286. The highest BCUT2D eigenvalue weighted by atomic mass is 35.5. The Hall–Kier alpha value is -4.80. The molecule has 6 atom stereocenters. The van der Waals surface area contributed by atoms with Gasteiger partial charge in [0.1, 0.15) is 12.4 Å². The lowest BCUT2D eigenvalue weighted by Crippen LogP contribution is -2.53. The number of rotatable bonds is 6. The van der Waals surface area contributed by atoms with E-state index in [1.165, 1.54) is 4.90 Å². The average molecular weight is 640 g/mol. The average Bonchev–Trinajstić information content (AvgIpc) is 3.45. The van der Waals surface area contributed by atoms with Crippen LogP contribution in [-0.2, 0) is 24.6 Å². The minimum absolute atomic E-state index is 0.0131. The lowest BCUT2D eigenvalue weighted by Gasteiger charge is -2.51. The number of carbonyl (C=O) groups excluding carboxylic acids is 5. The molecule has 4 aliphatic rings. The molecular formula is C35H30ClN3O7. The third-order valence-corrected chi connectivity index (χ3v) is 10.2. The Kier molecular flexibility index (Phi) is 7.29. The highest BCUT2D eigenvalue weighted by Gasteiger charge is 2.70. The van der Waals surface area contributed by atoms with E-state index in [2.05, 4.69) is 0 Å². The van der Waals surface area contributed by atoms with Crippen molar-refractivity contribution in [2.75, 3.05) is 18.1 Å². The Balaban J connectivity index is 1.51. The standard InChI is InChI=1S/C35H30ClN3O7/c36-20-9-6-10-21(17-20)38-31(42)26-18-25-22(13-14-24-28(25)32(43)39(30(24)41)34(37)45)29(23-11-4-5-12-27(23)46-16-15-40)35(26,33(38)44)19-7-2-1-3-8-19/h1-13,17,24-26,28-29,40H,14-16,18H2,(H2,37,45). The Morgan fingerprint density at radius 2 is 1.67 bits per heavy atom. The topological polar surface area (TPSA) is 147 Å². The normalized spacial score (nSPS) is 28.5. The van der Waals surface area contributed by atoms with E-state index >= 15 is 4.79 Å². The molecule has 11 heteroatoms. The van der Waals surface area contributed by atoms with Crippen molar-refractivity contribution in [1.29, 1.82) is 0 Å². The molecule has 2 aliphatic carbocycles. The van der Waals surface area contributed by atoms with Gasteiger partial charge >= 0.3 is 6.03 Å². The molecule has 3 fully saturated rings. The van der Waals surface area contributed by atoms with Gasteiger partial charge in [0.05, 0.1) is 35.5 Å². The van der Waals surface area contributed by atoms with Gasteiger partial charge in [-0.1, -0.05) is 77.8 Å². The number of benzene rings is 3. The van der Waals surface area contributed by atoms with Gasteiger partial charge in [-0.2, -0.15) is 4.90 Å². The van der Waals surface area contributed by atoms with E-state index in [1.807, 2.05) is 42.5 Å². The minimum Gasteiger partial charge on any atom is -0.491 e. The summed E-state index contributed by atoms with van der Waals surface area (Å²) < 4.78 is 6.02. The number of likely N-dealkylation sites (tertiary alicyclic amines) is 1. The zero-order valence-corrected chi connectivity index (χ0v) is 25.3. The van der Waals surface area contributed by atoms with Gasteiger partial charge in [-0.25, -0.2) is 9.69 Å². The van der Waals surface area contributed by atoms with Crippen LogP contribution in [0.2, 0.25) is 5.02 Å². The lowest BCUT2D eigenvalue weighted by atomic mass is 9.49. The molecule has 3 aromatic rings. The Bertz CT molecular complexity index is 1830. The van der Waals surface area contributed by atoms with Crippen LogP contribution in [0.5, 0.6) is 5.75 Å². The van der Waals surface area contributed by atoms with E-state index in [0.29, 0.717) is 38.1 Å². The predicted molar refractivity (Wildman–Crippen MR) is 167 cm³/mol. The van der Waals surface area contributed by atoms with Crippen molar-refractivity contribution in [3.8, 4) is 5.75 Å². The number of allylic oxidation sites excluding steroid dienone is 2. The van der Waals surface area contributed by atoms with Crippen LogP contribution in [0.1, 0.15) is 29.9 Å². The summed E-state index contributed by atoms with van der Waals surface area (Å²) in [6.45, 7) is -0.263. The van der Waals surface area contributed by atoms with Gasteiger partial charge < -0.3 is 15.6 Å². The Morgan fingerprint density at radius 3 is 2.39 bits per heavy atom. The van der Waals surface area contributed by atoms with Crippen LogP contribution in [0.25, 0.3) is 0 Å². The number of aliphatic hydroxyl groups is 1. The second-order valence-electron chi connectivity index (χ2n) is 12.1. The fourth-order valence-electron chi connectivity index (χ4n) is 8.31. The molecule has 6 unspecified atom stereocenters. The van der Waals surface area contributed by atoms with Crippen molar-refractivity contribution in [3.05, 3.63) is 107 Å². The summed E-state index contributed by atoms with van der Waals surface area (Å²) >= 11 is 6.34. The smallest absolute Gasteiger partial charge is 0.328 e. The summed E-state index contributed by atoms with van der Waals surface area (Å²) in [5.74, 6) is -6.06. The third kappa shape index (κ3) is 4.16. The largest absolute Gasteiger partial charge is 0.491 e. The zero-order valence-electron chi connectivity index (χ0n) is 24.5. The van der Waals surface area contributed by atoms with Crippen LogP contribution in [0.15, 0.2) is 90.5 Å². The van der Waals surface area contributed by atoms with Crippen LogP contribution in [0.3, 0.4) is 0 Å². The molecule has 0 radical (unpaired) electrons. The van der Waals surface area contributed by atoms with Gasteiger partial charge in [-0.05, 0) is 48.6 Å². The molecule has 10 nitrogen and oxygen atoms in total. The van der Waals surface area contributed by atoms with E-state index < -0.39 is 64.7 Å². The number of imide groups is 4. The molecule has 0 aromatic heterocycles. The van der Waals surface area contributed by atoms with E-state index in [4.69, 9.17) is 22.1 Å². The number of anilines is 1. The first kappa shape index (κ1) is 29.9. The number of hydrogen-bond acceptors (Lipinski definition) is 7. The molecule has 7 rings (SSSR count). The van der Waals surface area contributed by atoms with E-state index in [-0.39, 0.29) is 26.1 Å². The molecule has 3 aromatic carbocycles. The molecule has 2 heterocycles. The molecule has 0 bridgehead atoms. The fourth-order valence-corrected chi connectivity index (χ4v) is 8.50. The monoisotopic (exact) mass is 639 g/mol. The summed E-state index contributed by atoms with van der Waals surface area (Å²) in [5, 5.41) is 9.97. The highest BCUT2D eigenvalue weighted by Crippen LogP contribution is 2.65. The number of nitrogens with two attached hydrogens (primary N) is 1. The first-order valence-electron chi connectivity index (χ1n) is 15.1. The SMILES string of the molecule is NC(=O)N1C(=O)C2CC=C3C(CC4C(=O)N(c5cccc(Cl)c5)C(=O)C4(c4ccccc4)C3c3ccccc3OCCO)C2C1=O. The molecule has 2 aliphatic heterocycles. The third-order valence-electron chi connectivity index (χ3n) is 9.97. The lowest BCUT2D eigenvalue weighted by molar-refractivity contribution is -0.136. The van der Waals surface area contributed by atoms with Crippen LogP contribution in [-0.4, -0.2) is 52.9 Å². The number of fused-ring (bicyclic) bond motifs is 4. The molecule has 3 N–H and O–H groups in total. The maximum absolute atomic E-state index is 15.2. The van der Waals surface area contributed by atoms with Gasteiger partial charge in [-0.15, -0.1) is 0 Å². The Morgan fingerprint density at radius 1 is 0.935 bits per heavy atom. The number of amides is 6. The zero-order chi connectivity index (χ0) is 32.3. The van der Waals surface area contributed by atoms with Crippen molar-refractivity contribution in [2.24, 2.45) is 29.4 Å². The van der Waals surface area contributed by atoms with Crippen molar-refractivity contribution >= 4 is 46.9 Å². The molecule has 0 spiro atoms. The first-order valence-corrected chi connectivity index (χ1v) is 15.5. The molecule has 6 amide bonds. The second-order valence-corrected chi connectivity index (χ2v) is 12.5. The molecular weight excluding hydrogens is 610 g/mol. The number of nitrogens with zero attached hydrogens (tertiary/aromatic N) is 2. The minimum atomic E-state index is -1.48. The summed E-state index contributed by atoms with van der Waals surface area (Å²) in [5.41, 5.74) is 6.23. The number of para-hydroxylation sites is 1. The number of ether oxygens (including phenoxy) is 1. The number of hydrogen-bond donors (Lipinski definition) is 2. The molecule has 46 heavy (non-hydrogen) atoms. The van der Waals surface area contributed by atoms with Crippen molar-refractivity contribution in [1.82, 2.24) is 4.90 Å². The maximum atomic E-state index is 15.2. The summed E-state index contributed by atoms with van der Waals surface area (Å²) in [7, 11) is 0. The van der Waals surface area contributed by atoms with Gasteiger partial charge in [0, 0.05) is 16.5 Å². The summed E-state index contributed by atoms with van der Waals surface area (Å²) in [6.07, 6.45) is 2.11. The molecule has 1 saturated carbocycles. The van der Waals surface area contributed by atoms with Crippen LogP contribution >= 0.6 is 11.6 Å². The van der Waals surface area contributed by atoms with Crippen LogP contribution in [0.4, 0.5) is 10.5 Å². The highest BCUT2D eigenvalue weighted by molar-refractivity contribution is 6.32. The van der Waals surface area contributed by atoms with Gasteiger partial charge in [0.15, 0.2) is 0 Å². The number of urea groups is 1. The number of halogens is 1. The molecule has 2 saturated heterocycles. The first-order chi connectivity index (χ1) is 22.2. The van der Waals surface area contributed by atoms with Crippen LogP contribution in [0, 0.1) is 23.7 Å². The summed E-state index contributed by atoms with van der Waals surface area (Å²) in [4.78, 5) is 70.9. The molecule has 234 valence electrons. The van der Waals surface area contributed by atoms with Crippen molar-refractivity contribution in [3.63, 3.8) is 0 Å². The van der Waals surface area contributed by atoms with E-state index in [0.717, 1.165) is 0 Å². The summed E-state index contributed by atoms with van der Waals surface area (Å²) in [6, 6.07) is 21.7. The quantitative estimate of drug-likeness (QED) is 0.307. The van der Waals surface area contributed by atoms with Gasteiger partial charge in [0.25, 0.3) is 0 Å². The number of aliphatic hydroxyl groups excluding tert-OH is 1. The number of carbonyl (C=O) groups is 5. The number of primary amides is 1. The van der Waals surface area contributed by atoms with Crippen LogP contribution < -0.4 is 15.4 Å². The van der Waals surface area contributed by atoms with Crippen molar-refractivity contribution in [2.45, 2.75) is 24.2 Å². The van der Waals surface area contributed by atoms with Gasteiger partial charge in [0.2, 0.25) is 23.6 Å².